The van der Waals surface area contributed by atoms with E-state index in [1.165, 1.54) is 39.5 Å². The molecule has 1 aromatic heterocycles. The van der Waals surface area contributed by atoms with Crippen LogP contribution in [-0.2, 0) is 16.1 Å². The Bertz CT molecular complexity index is 1100. The molecule has 0 unspecified atom stereocenters. The van der Waals surface area contributed by atoms with Gasteiger partial charge in [0.25, 0.3) is 5.91 Å². The van der Waals surface area contributed by atoms with Gasteiger partial charge in [0.2, 0.25) is 11.5 Å². The van der Waals surface area contributed by atoms with Gasteiger partial charge in [-0.15, -0.1) is 0 Å². The maximum atomic E-state index is 12.8. The maximum Gasteiger partial charge on any atom is 0.373 e. The number of nitriles is 1. The molecule has 0 radical (unpaired) electrons. The average molecular weight is 441 g/mol. The van der Waals surface area contributed by atoms with Gasteiger partial charge in [0.05, 0.1) is 27.9 Å². The number of esters is 1. The SMILES string of the molecule is COC(=O)c1ccc(CN2C(=O)NC(=Cc3cc(OC)c(OCC#N)c(OC)c3)C2=O)o1. The fraction of sp³-hybridized carbons (Fsp3) is 0.238. The number of amides is 3. The van der Waals surface area contributed by atoms with E-state index < -0.39 is 17.9 Å². The highest BCUT2D eigenvalue weighted by molar-refractivity contribution is 6.13. The Hall–Kier alpha value is -4.46. The first-order valence-electron chi connectivity index (χ1n) is 9.19. The van der Waals surface area contributed by atoms with Crippen molar-refractivity contribution in [2.24, 2.45) is 0 Å². The number of benzene rings is 1. The summed E-state index contributed by atoms with van der Waals surface area (Å²) >= 11 is 0. The summed E-state index contributed by atoms with van der Waals surface area (Å²) in [5.41, 5.74) is 0.504. The van der Waals surface area contributed by atoms with Crippen LogP contribution < -0.4 is 19.5 Å². The second-order valence-corrected chi connectivity index (χ2v) is 6.34. The monoisotopic (exact) mass is 441 g/mol. The van der Waals surface area contributed by atoms with Crippen LogP contribution in [0.1, 0.15) is 21.9 Å². The van der Waals surface area contributed by atoms with Gasteiger partial charge in [-0.05, 0) is 35.9 Å². The predicted molar refractivity (Wildman–Crippen MR) is 108 cm³/mol. The Morgan fingerprint density at radius 2 is 1.88 bits per heavy atom. The third-order valence-corrected chi connectivity index (χ3v) is 4.40. The number of ether oxygens (including phenoxy) is 4. The van der Waals surface area contributed by atoms with Crippen molar-refractivity contribution in [3.05, 3.63) is 47.0 Å². The van der Waals surface area contributed by atoms with E-state index in [0.29, 0.717) is 5.56 Å². The van der Waals surface area contributed by atoms with Crippen LogP contribution in [0.2, 0.25) is 0 Å². The second-order valence-electron chi connectivity index (χ2n) is 6.34. The number of carbonyl (C=O) groups is 3. The first-order chi connectivity index (χ1) is 15.4. The first kappa shape index (κ1) is 22.2. The third kappa shape index (κ3) is 4.49. The fourth-order valence-corrected chi connectivity index (χ4v) is 2.94. The average Bonchev–Trinajstić information content (AvgIpc) is 3.37. The van der Waals surface area contributed by atoms with Crippen molar-refractivity contribution in [2.75, 3.05) is 27.9 Å². The highest BCUT2D eigenvalue weighted by Gasteiger charge is 2.34. The molecule has 1 aliphatic heterocycles. The zero-order valence-electron chi connectivity index (χ0n) is 17.5. The van der Waals surface area contributed by atoms with Gasteiger partial charge in [0, 0.05) is 0 Å². The molecule has 0 saturated carbocycles. The number of urea groups is 1. The molecule has 1 N–H and O–H groups in total. The lowest BCUT2D eigenvalue weighted by molar-refractivity contribution is -0.123. The predicted octanol–water partition coefficient (Wildman–Crippen LogP) is 2.08. The molecule has 2 heterocycles. The van der Waals surface area contributed by atoms with Crippen LogP contribution in [0.5, 0.6) is 17.2 Å². The Morgan fingerprint density at radius 3 is 2.47 bits per heavy atom. The van der Waals surface area contributed by atoms with Crippen LogP contribution in [0.4, 0.5) is 4.79 Å². The van der Waals surface area contributed by atoms with E-state index in [9.17, 15) is 14.4 Å². The highest BCUT2D eigenvalue weighted by atomic mass is 16.5. The molecule has 32 heavy (non-hydrogen) atoms. The smallest absolute Gasteiger partial charge is 0.373 e. The Morgan fingerprint density at radius 1 is 1.19 bits per heavy atom. The number of furan rings is 1. The second kappa shape index (κ2) is 9.57. The molecule has 1 aliphatic rings. The highest BCUT2D eigenvalue weighted by Crippen LogP contribution is 2.39. The van der Waals surface area contributed by atoms with Crippen LogP contribution in [0, 0.1) is 11.3 Å². The summed E-state index contributed by atoms with van der Waals surface area (Å²) in [6.45, 7) is -0.381. The zero-order valence-corrected chi connectivity index (χ0v) is 17.5. The maximum absolute atomic E-state index is 12.8. The minimum absolute atomic E-state index is 0.0181. The van der Waals surface area contributed by atoms with E-state index in [2.05, 4.69) is 10.1 Å². The van der Waals surface area contributed by atoms with E-state index >= 15 is 0 Å². The van der Waals surface area contributed by atoms with Gasteiger partial charge in [-0.2, -0.15) is 5.26 Å². The van der Waals surface area contributed by atoms with Crippen LogP contribution >= 0.6 is 0 Å². The molecular formula is C21H19N3O8. The molecule has 1 fully saturated rings. The number of methoxy groups -OCH3 is 3. The first-order valence-corrected chi connectivity index (χ1v) is 9.19. The van der Waals surface area contributed by atoms with Crippen molar-refractivity contribution in [3.8, 4) is 23.3 Å². The topological polar surface area (TPSA) is 140 Å². The molecule has 166 valence electrons. The number of rotatable bonds is 8. The number of nitrogens with one attached hydrogen (secondary N) is 1. The number of carbonyl (C=O) groups excluding carboxylic acids is 3. The zero-order chi connectivity index (χ0) is 23.3. The minimum Gasteiger partial charge on any atom is -0.493 e. The summed E-state index contributed by atoms with van der Waals surface area (Å²) in [6.07, 6.45) is 1.45. The van der Waals surface area contributed by atoms with E-state index in [1.54, 1.807) is 12.1 Å². The quantitative estimate of drug-likeness (QED) is 0.370. The van der Waals surface area contributed by atoms with Crippen molar-refractivity contribution in [3.63, 3.8) is 0 Å². The summed E-state index contributed by atoms with van der Waals surface area (Å²) in [7, 11) is 4.05. The van der Waals surface area contributed by atoms with Gasteiger partial charge in [-0.1, -0.05) is 0 Å². The summed E-state index contributed by atoms with van der Waals surface area (Å²) in [4.78, 5) is 37.5. The molecule has 0 atom stereocenters. The molecule has 11 nitrogen and oxygen atoms in total. The lowest BCUT2D eigenvalue weighted by atomic mass is 10.1. The Labute approximate surface area is 182 Å². The molecule has 0 spiro atoms. The van der Waals surface area contributed by atoms with Gasteiger partial charge in [-0.25, -0.2) is 9.59 Å². The van der Waals surface area contributed by atoms with Crippen molar-refractivity contribution in [1.82, 2.24) is 10.2 Å². The van der Waals surface area contributed by atoms with Gasteiger partial charge in [0.15, 0.2) is 18.1 Å². The molecule has 11 heteroatoms. The van der Waals surface area contributed by atoms with E-state index in [0.717, 1.165) is 4.90 Å². The van der Waals surface area contributed by atoms with Crippen LogP contribution in [0.25, 0.3) is 6.08 Å². The van der Waals surface area contributed by atoms with E-state index in [4.69, 9.17) is 23.9 Å². The normalized spacial score (nSPS) is 14.2. The standard InChI is InChI=1S/C21H19N3O8/c1-28-16-9-12(10-17(29-2)18(16)31-7-6-22)8-14-19(25)24(21(27)23-14)11-13-4-5-15(32-13)20(26)30-3/h4-5,8-10H,7,11H2,1-3H3,(H,23,27). The van der Waals surface area contributed by atoms with Gasteiger partial charge < -0.3 is 28.7 Å². The van der Waals surface area contributed by atoms with Crippen molar-refractivity contribution >= 4 is 24.0 Å². The molecule has 0 bridgehead atoms. The van der Waals surface area contributed by atoms with Crippen molar-refractivity contribution in [2.45, 2.75) is 6.54 Å². The van der Waals surface area contributed by atoms with Crippen LogP contribution in [0.3, 0.4) is 0 Å². The lowest BCUT2D eigenvalue weighted by Crippen LogP contribution is -2.30. The van der Waals surface area contributed by atoms with Gasteiger partial charge >= 0.3 is 12.0 Å². The van der Waals surface area contributed by atoms with Gasteiger partial charge in [0.1, 0.15) is 17.5 Å². The number of nitrogens with zero attached hydrogens (tertiary/aromatic N) is 2. The molecule has 0 aliphatic carbocycles. The largest absolute Gasteiger partial charge is 0.493 e. The minimum atomic E-state index is -0.667. The number of hydrogen-bond donors (Lipinski definition) is 1. The number of hydrogen-bond acceptors (Lipinski definition) is 9. The van der Waals surface area contributed by atoms with Crippen LogP contribution in [-0.4, -0.2) is 50.7 Å². The molecule has 1 aromatic carbocycles. The fourth-order valence-electron chi connectivity index (χ4n) is 2.94. The molecule has 3 amide bonds. The molecule has 2 aromatic rings. The lowest BCUT2D eigenvalue weighted by Gasteiger charge is -2.14. The Kier molecular flexibility index (Phi) is 6.65. The molecular weight excluding hydrogens is 422 g/mol. The summed E-state index contributed by atoms with van der Waals surface area (Å²) in [6, 6.07) is 7.22. The summed E-state index contributed by atoms with van der Waals surface area (Å²) in [5.74, 6) is -0.257. The van der Waals surface area contributed by atoms with Crippen LogP contribution in [0.15, 0.2) is 34.4 Å². The third-order valence-electron chi connectivity index (χ3n) is 4.40. The molecule has 1 saturated heterocycles. The number of imide groups is 1. The van der Waals surface area contributed by atoms with E-state index in [-0.39, 0.29) is 47.6 Å². The van der Waals surface area contributed by atoms with Crippen molar-refractivity contribution < 1.29 is 37.7 Å². The Balaban J connectivity index is 1.84. The van der Waals surface area contributed by atoms with Gasteiger partial charge in [-0.3, -0.25) is 9.69 Å². The van der Waals surface area contributed by atoms with E-state index in [1.807, 2.05) is 6.07 Å². The summed E-state index contributed by atoms with van der Waals surface area (Å²) < 4.78 is 25.8. The van der Waals surface area contributed by atoms with Crippen molar-refractivity contribution in [1.29, 1.82) is 5.26 Å². The summed E-state index contributed by atoms with van der Waals surface area (Å²) in [5, 5.41) is 11.2. The molecule has 3 rings (SSSR count).